The molecule has 1 aromatic heterocycles. The third-order valence-corrected chi connectivity index (χ3v) is 2.90. The average molecular weight is 296 g/mol. The average Bonchev–Trinajstić information content (AvgIpc) is 2.83. The number of hydrogen-bond acceptors (Lipinski definition) is 3. The highest BCUT2D eigenvalue weighted by Gasteiger charge is 2.09. The van der Waals surface area contributed by atoms with Gasteiger partial charge in [-0.1, -0.05) is 29.3 Å². The van der Waals surface area contributed by atoms with Crippen molar-refractivity contribution in [1.29, 1.82) is 0 Å². The molecule has 17 heavy (non-hydrogen) atoms. The van der Waals surface area contributed by atoms with Crippen molar-refractivity contribution in [3.8, 4) is 17.0 Å². The van der Waals surface area contributed by atoms with Crippen molar-refractivity contribution in [2.75, 3.05) is 6.61 Å². The number of aromatic nitrogens is 1. The van der Waals surface area contributed by atoms with Gasteiger partial charge in [0, 0.05) is 10.0 Å². The molecule has 0 aliphatic rings. The van der Waals surface area contributed by atoms with Gasteiger partial charge >= 0.3 is 0 Å². The van der Waals surface area contributed by atoms with Gasteiger partial charge < -0.3 is 9.15 Å². The molecule has 2 aromatic rings. The summed E-state index contributed by atoms with van der Waals surface area (Å²) < 4.78 is 11.8. The summed E-state index contributed by atoms with van der Waals surface area (Å²) in [7, 11) is 0. The van der Waals surface area contributed by atoms with Crippen LogP contribution in [0.3, 0.4) is 0 Å². The van der Waals surface area contributed by atoms with Gasteiger partial charge in [0.05, 0.1) is 6.61 Å². The third kappa shape index (κ3) is 3.09. The van der Waals surface area contributed by atoms with Crippen molar-refractivity contribution in [3.63, 3.8) is 0 Å². The minimum Gasteiger partial charge on any atom is -0.493 e. The van der Waals surface area contributed by atoms with Crippen LogP contribution >= 0.6 is 15.9 Å². The topological polar surface area (TPSA) is 35.3 Å². The van der Waals surface area contributed by atoms with E-state index < -0.39 is 0 Å². The van der Waals surface area contributed by atoms with Crippen molar-refractivity contribution in [3.05, 3.63) is 35.3 Å². The number of benzene rings is 1. The molecule has 0 N–H and O–H groups in total. The van der Waals surface area contributed by atoms with E-state index in [9.17, 15) is 0 Å². The maximum Gasteiger partial charge on any atom is 0.181 e. The largest absolute Gasteiger partial charge is 0.493 e. The normalized spacial score (nSPS) is 10.5. The van der Waals surface area contributed by atoms with Gasteiger partial charge in [-0.15, -0.1) is 0 Å². The molecular weight excluding hydrogens is 282 g/mol. The lowest BCUT2D eigenvalue weighted by molar-refractivity contribution is 0.310. The Morgan fingerprint density at radius 3 is 3.00 bits per heavy atom. The van der Waals surface area contributed by atoms with Crippen LogP contribution in [0.4, 0.5) is 0 Å². The summed E-state index contributed by atoms with van der Waals surface area (Å²) in [6, 6.07) is 5.90. The Kier molecular flexibility index (Phi) is 4.20. The van der Waals surface area contributed by atoms with E-state index in [1.807, 2.05) is 18.2 Å². The predicted molar refractivity (Wildman–Crippen MR) is 70.0 cm³/mol. The number of rotatable bonds is 5. The van der Waals surface area contributed by atoms with Crippen LogP contribution in [0, 0.1) is 0 Å². The van der Waals surface area contributed by atoms with Crippen LogP contribution < -0.4 is 4.74 Å². The fourth-order valence-corrected chi connectivity index (χ4v) is 1.84. The highest BCUT2D eigenvalue weighted by atomic mass is 79.9. The zero-order chi connectivity index (χ0) is 12.1. The summed E-state index contributed by atoms with van der Waals surface area (Å²) >= 11 is 3.44. The van der Waals surface area contributed by atoms with E-state index in [4.69, 9.17) is 9.15 Å². The van der Waals surface area contributed by atoms with E-state index in [0.29, 0.717) is 0 Å². The molecule has 0 amide bonds. The van der Waals surface area contributed by atoms with Crippen molar-refractivity contribution in [1.82, 2.24) is 4.98 Å². The van der Waals surface area contributed by atoms with E-state index in [1.54, 1.807) is 6.26 Å². The van der Waals surface area contributed by atoms with Gasteiger partial charge in [0.1, 0.15) is 17.7 Å². The molecule has 0 spiro atoms. The lowest BCUT2D eigenvalue weighted by atomic mass is 10.1. The van der Waals surface area contributed by atoms with E-state index in [0.717, 1.165) is 40.9 Å². The van der Waals surface area contributed by atoms with Gasteiger partial charge in [-0.3, -0.25) is 0 Å². The molecule has 0 saturated heterocycles. The lowest BCUT2D eigenvalue weighted by Gasteiger charge is -2.10. The molecule has 0 unspecified atom stereocenters. The summed E-state index contributed by atoms with van der Waals surface area (Å²) in [5.41, 5.74) is 1.75. The smallest absolute Gasteiger partial charge is 0.181 e. The van der Waals surface area contributed by atoms with Crippen molar-refractivity contribution in [2.45, 2.75) is 19.8 Å². The maximum atomic E-state index is 5.77. The van der Waals surface area contributed by atoms with Gasteiger partial charge in [-0.2, -0.15) is 0 Å². The Bertz CT molecular complexity index is 468. The maximum absolute atomic E-state index is 5.77. The van der Waals surface area contributed by atoms with E-state index in [-0.39, 0.29) is 0 Å². The van der Waals surface area contributed by atoms with Crippen molar-refractivity contribution < 1.29 is 9.15 Å². The Morgan fingerprint density at radius 1 is 1.41 bits per heavy atom. The SMILES string of the molecule is CCCCOc1cc(Br)ccc1-c1cocn1. The second-order valence-corrected chi connectivity index (χ2v) is 4.63. The fourth-order valence-electron chi connectivity index (χ4n) is 1.50. The van der Waals surface area contributed by atoms with Gasteiger partial charge in [0.25, 0.3) is 0 Å². The van der Waals surface area contributed by atoms with Gasteiger partial charge in [-0.05, 0) is 24.6 Å². The summed E-state index contributed by atoms with van der Waals surface area (Å²) in [5.74, 6) is 0.835. The van der Waals surface area contributed by atoms with Crippen LogP contribution in [0.25, 0.3) is 11.3 Å². The zero-order valence-corrected chi connectivity index (χ0v) is 11.2. The molecular formula is C13H14BrNO2. The first-order valence-electron chi connectivity index (χ1n) is 5.62. The molecule has 2 rings (SSSR count). The van der Waals surface area contributed by atoms with Gasteiger partial charge in [0.2, 0.25) is 0 Å². The number of unbranched alkanes of at least 4 members (excludes halogenated alkanes) is 1. The van der Waals surface area contributed by atoms with Crippen molar-refractivity contribution in [2.24, 2.45) is 0 Å². The molecule has 0 bridgehead atoms. The molecule has 0 saturated carbocycles. The Labute approximate surface area is 109 Å². The summed E-state index contributed by atoms with van der Waals surface area (Å²) in [6.07, 6.45) is 5.21. The Balaban J connectivity index is 2.25. The Hall–Kier alpha value is -1.29. The monoisotopic (exact) mass is 295 g/mol. The molecule has 1 heterocycles. The van der Waals surface area contributed by atoms with E-state index >= 15 is 0 Å². The van der Waals surface area contributed by atoms with Crippen LogP contribution in [-0.4, -0.2) is 11.6 Å². The molecule has 3 nitrogen and oxygen atoms in total. The number of oxazole rings is 1. The summed E-state index contributed by atoms with van der Waals surface area (Å²) in [4.78, 5) is 4.14. The lowest BCUT2D eigenvalue weighted by Crippen LogP contribution is -1.98. The second-order valence-electron chi connectivity index (χ2n) is 3.72. The first kappa shape index (κ1) is 12.2. The van der Waals surface area contributed by atoms with E-state index in [2.05, 4.69) is 27.8 Å². The molecule has 0 aliphatic heterocycles. The van der Waals surface area contributed by atoms with Crippen LogP contribution in [0.15, 0.2) is 39.7 Å². The number of ether oxygens (including phenoxy) is 1. The third-order valence-electron chi connectivity index (χ3n) is 2.41. The second kappa shape index (κ2) is 5.87. The van der Waals surface area contributed by atoms with Gasteiger partial charge in [0.15, 0.2) is 6.39 Å². The minimum absolute atomic E-state index is 0.720. The molecule has 0 aliphatic carbocycles. The van der Waals surface area contributed by atoms with Crippen LogP contribution in [0.5, 0.6) is 5.75 Å². The molecule has 0 radical (unpaired) electrons. The Morgan fingerprint density at radius 2 is 2.29 bits per heavy atom. The summed E-state index contributed by atoms with van der Waals surface area (Å²) in [6.45, 7) is 2.86. The van der Waals surface area contributed by atoms with Crippen LogP contribution in [0.1, 0.15) is 19.8 Å². The number of halogens is 1. The number of nitrogens with zero attached hydrogens (tertiary/aromatic N) is 1. The van der Waals surface area contributed by atoms with Gasteiger partial charge in [-0.25, -0.2) is 4.98 Å². The molecule has 0 fully saturated rings. The highest BCUT2D eigenvalue weighted by Crippen LogP contribution is 2.31. The molecule has 1 aromatic carbocycles. The molecule has 4 heteroatoms. The quantitative estimate of drug-likeness (QED) is 0.772. The highest BCUT2D eigenvalue weighted by molar-refractivity contribution is 9.10. The predicted octanol–water partition coefficient (Wildman–Crippen LogP) is 4.28. The number of hydrogen-bond donors (Lipinski definition) is 0. The standard InChI is InChI=1S/C13H14BrNO2/c1-2-3-6-17-13-7-10(14)4-5-11(13)12-8-16-9-15-12/h4-5,7-9H,2-3,6H2,1H3. The van der Waals surface area contributed by atoms with Crippen LogP contribution in [-0.2, 0) is 0 Å². The summed E-state index contributed by atoms with van der Waals surface area (Å²) in [5, 5.41) is 0. The van der Waals surface area contributed by atoms with Crippen LogP contribution in [0.2, 0.25) is 0 Å². The first-order valence-corrected chi connectivity index (χ1v) is 6.41. The first-order chi connectivity index (χ1) is 8.31. The zero-order valence-electron chi connectivity index (χ0n) is 9.65. The minimum atomic E-state index is 0.720. The van der Waals surface area contributed by atoms with Crippen molar-refractivity contribution >= 4 is 15.9 Å². The fraction of sp³-hybridized carbons (Fsp3) is 0.308. The molecule has 0 atom stereocenters. The van der Waals surface area contributed by atoms with E-state index in [1.165, 1.54) is 6.39 Å². The molecule has 90 valence electrons.